The van der Waals surface area contributed by atoms with Crippen LogP contribution < -0.4 is 5.73 Å². The molecule has 0 radical (unpaired) electrons. The highest BCUT2D eigenvalue weighted by Crippen LogP contribution is 2.25. The van der Waals surface area contributed by atoms with Crippen LogP contribution in [0.1, 0.15) is 37.8 Å². The van der Waals surface area contributed by atoms with Crippen LogP contribution in [-0.2, 0) is 6.54 Å². The van der Waals surface area contributed by atoms with Crippen LogP contribution in [0.2, 0.25) is 0 Å². The van der Waals surface area contributed by atoms with E-state index in [0.29, 0.717) is 17.5 Å². The molecule has 1 aliphatic heterocycles. The lowest BCUT2D eigenvalue weighted by Crippen LogP contribution is -2.33. The molecule has 1 aromatic carbocycles. The summed E-state index contributed by atoms with van der Waals surface area (Å²) in [4.78, 5) is 2.41. The quantitative estimate of drug-likeness (QED) is 0.648. The second-order valence-electron chi connectivity index (χ2n) is 5.69. The lowest BCUT2D eigenvalue weighted by atomic mass is 10.0. The van der Waals surface area contributed by atoms with Crippen LogP contribution in [0.3, 0.4) is 0 Å². The van der Waals surface area contributed by atoms with Crippen LogP contribution in [0.4, 0.5) is 4.39 Å². The third kappa shape index (κ3) is 3.32. The van der Waals surface area contributed by atoms with Gasteiger partial charge in [0.05, 0.1) is 0 Å². The van der Waals surface area contributed by atoms with Gasteiger partial charge in [-0.15, -0.1) is 0 Å². The Kier molecular flexibility index (Phi) is 4.20. The van der Waals surface area contributed by atoms with Crippen molar-refractivity contribution >= 4 is 5.84 Å². The molecule has 1 aromatic rings. The van der Waals surface area contributed by atoms with E-state index in [1.54, 1.807) is 6.07 Å². The number of nitrogens with two attached hydrogens (primary N) is 1. The van der Waals surface area contributed by atoms with Crippen molar-refractivity contribution in [3.8, 4) is 0 Å². The predicted octanol–water partition coefficient (Wildman–Crippen LogP) is 2.73. The molecule has 0 aliphatic carbocycles. The first-order valence-electron chi connectivity index (χ1n) is 6.85. The zero-order chi connectivity index (χ0) is 14.0. The van der Waals surface area contributed by atoms with Crippen LogP contribution in [0.5, 0.6) is 0 Å². The number of hydrogen-bond acceptors (Lipinski definition) is 2. The first-order chi connectivity index (χ1) is 8.97. The topological polar surface area (TPSA) is 53.1 Å². The summed E-state index contributed by atoms with van der Waals surface area (Å²) in [6, 6.07) is 5.25. The Labute approximate surface area is 114 Å². The van der Waals surface area contributed by atoms with Gasteiger partial charge in [-0.2, -0.15) is 0 Å². The summed E-state index contributed by atoms with van der Waals surface area (Å²) < 4.78 is 13.5. The Bertz CT molecular complexity index is 470. The highest BCUT2D eigenvalue weighted by molar-refractivity contribution is 5.95. The average molecular weight is 263 g/mol. The van der Waals surface area contributed by atoms with Crippen molar-refractivity contribution in [3.05, 3.63) is 35.1 Å². The summed E-state index contributed by atoms with van der Waals surface area (Å²) in [7, 11) is 0. The average Bonchev–Trinajstić information content (AvgIpc) is 2.76. The largest absolute Gasteiger partial charge is 0.384 e. The normalized spacial score (nSPS) is 20.1. The number of nitrogens with one attached hydrogen (secondary N) is 1. The number of amidine groups is 1. The maximum absolute atomic E-state index is 13.5. The van der Waals surface area contributed by atoms with Crippen LogP contribution in [0.25, 0.3) is 0 Å². The Morgan fingerprint density at radius 3 is 2.84 bits per heavy atom. The lowest BCUT2D eigenvalue weighted by molar-refractivity contribution is 0.198. The van der Waals surface area contributed by atoms with E-state index in [1.807, 2.05) is 6.07 Å². The van der Waals surface area contributed by atoms with Crippen molar-refractivity contribution in [3.63, 3.8) is 0 Å². The van der Waals surface area contributed by atoms with Crippen molar-refractivity contribution in [1.82, 2.24) is 4.90 Å². The number of nitrogen functional groups attached to an aromatic ring is 1. The van der Waals surface area contributed by atoms with Gasteiger partial charge in [0.2, 0.25) is 0 Å². The van der Waals surface area contributed by atoms with Crippen molar-refractivity contribution in [2.24, 2.45) is 11.7 Å². The summed E-state index contributed by atoms with van der Waals surface area (Å²) >= 11 is 0. The lowest BCUT2D eigenvalue weighted by Gasteiger charge is -2.27. The van der Waals surface area contributed by atoms with Crippen molar-refractivity contribution in [2.45, 2.75) is 39.3 Å². The number of nitrogens with zero attached hydrogens (tertiary/aromatic N) is 1. The third-order valence-corrected chi connectivity index (χ3v) is 3.84. The Balaban J connectivity index is 2.16. The molecule has 1 heterocycles. The van der Waals surface area contributed by atoms with E-state index in [2.05, 4.69) is 18.7 Å². The fourth-order valence-electron chi connectivity index (χ4n) is 2.93. The molecule has 3 N–H and O–H groups in total. The molecule has 1 atom stereocenters. The number of likely N-dealkylation sites (tertiary alicyclic amines) is 1. The van der Waals surface area contributed by atoms with Gasteiger partial charge in [0.1, 0.15) is 11.7 Å². The van der Waals surface area contributed by atoms with E-state index in [0.717, 1.165) is 18.7 Å². The fraction of sp³-hybridized carbons (Fsp3) is 0.533. The smallest absolute Gasteiger partial charge is 0.124 e. The van der Waals surface area contributed by atoms with E-state index < -0.39 is 0 Å². The molecule has 1 aliphatic rings. The highest BCUT2D eigenvalue weighted by Gasteiger charge is 2.26. The molecule has 0 spiro atoms. The number of halogens is 1. The van der Waals surface area contributed by atoms with Crippen molar-refractivity contribution in [2.75, 3.05) is 6.54 Å². The molecule has 19 heavy (non-hydrogen) atoms. The molecule has 2 rings (SSSR count). The van der Waals surface area contributed by atoms with Crippen LogP contribution in [0, 0.1) is 17.1 Å². The molecular weight excluding hydrogens is 241 g/mol. The maximum Gasteiger partial charge on any atom is 0.124 e. The van der Waals surface area contributed by atoms with Gasteiger partial charge in [0, 0.05) is 18.2 Å². The van der Waals surface area contributed by atoms with Crippen LogP contribution in [-0.4, -0.2) is 23.3 Å². The van der Waals surface area contributed by atoms with E-state index in [-0.39, 0.29) is 11.7 Å². The van der Waals surface area contributed by atoms with Crippen molar-refractivity contribution < 1.29 is 4.39 Å². The summed E-state index contributed by atoms with van der Waals surface area (Å²) in [5.41, 5.74) is 6.81. The third-order valence-electron chi connectivity index (χ3n) is 3.84. The molecular formula is C15H22FN3. The number of benzene rings is 1. The molecule has 0 amide bonds. The zero-order valence-corrected chi connectivity index (χ0v) is 11.6. The summed E-state index contributed by atoms with van der Waals surface area (Å²) in [6.07, 6.45) is 2.42. The molecule has 0 aromatic heterocycles. The van der Waals surface area contributed by atoms with E-state index >= 15 is 0 Å². The van der Waals surface area contributed by atoms with E-state index in [4.69, 9.17) is 11.1 Å². The van der Waals surface area contributed by atoms with Crippen LogP contribution in [0.15, 0.2) is 18.2 Å². The van der Waals surface area contributed by atoms with Gasteiger partial charge in [0.15, 0.2) is 0 Å². The molecule has 3 nitrogen and oxygen atoms in total. The second-order valence-corrected chi connectivity index (χ2v) is 5.69. The van der Waals surface area contributed by atoms with Gasteiger partial charge in [-0.1, -0.05) is 13.8 Å². The minimum atomic E-state index is -0.317. The molecule has 1 saturated heterocycles. The molecule has 0 bridgehead atoms. The minimum Gasteiger partial charge on any atom is -0.384 e. The Morgan fingerprint density at radius 1 is 1.47 bits per heavy atom. The van der Waals surface area contributed by atoms with Gasteiger partial charge < -0.3 is 5.73 Å². The van der Waals surface area contributed by atoms with Gasteiger partial charge in [-0.25, -0.2) is 4.39 Å². The van der Waals surface area contributed by atoms with Gasteiger partial charge in [-0.3, -0.25) is 10.3 Å². The predicted molar refractivity (Wildman–Crippen MR) is 75.7 cm³/mol. The second kappa shape index (κ2) is 5.70. The van der Waals surface area contributed by atoms with E-state index in [1.165, 1.54) is 18.9 Å². The van der Waals surface area contributed by atoms with Crippen LogP contribution >= 0.6 is 0 Å². The first kappa shape index (κ1) is 14.0. The van der Waals surface area contributed by atoms with Crippen molar-refractivity contribution in [1.29, 1.82) is 5.41 Å². The van der Waals surface area contributed by atoms with E-state index in [9.17, 15) is 4.39 Å². The zero-order valence-electron chi connectivity index (χ0n) is 11.6. The number of hydrogen-bond donors (Lipinski definition) is 2. The summed E-state index contributed by atoms with van der Waals surface area (Å²) in [5.74, 6) is 0.217. The molecule has 1 fully saturated rings. The summed E-state index contributed by atoms with van der Waals surface area (Å²) in [6.45, 7) is 6.26. The monoisotopic (exact) mass is 263 g/mol. The first-order valence-corrected chi connectivity index (χ1v) is 6.85. The molecule has 1 unspecified atom stereocenters. The molecule has 0 saturated carbocycles. The maximum atomic E-state index is 13.5. The fourth-order valence-corrected chi connectivity index (χ4v) is 2.93. The highest BCUT2D eigenvalue weighted by atomic mass is 19.1. The standard InChI is InChI=1S/C15H22FN3/c1-10(2)14-4-3-5-19(14)9-11-6-12(15(17)18)8-13(16)7-11/h6-8,10,14H,3-5,9H2,1-2H3,(H3,17,18). The van der Waals surface area contributed by atoms with Gasteiger partial charge in [-0.05, 0) is 49.1 Å². The SMILES string of the molecule is CC(C)C1CCCN1Cc1cc(F)cc(C(=N)N)c1. The molecule has 104 valence electrons. The Morgan fingerprint density at radius 2 is 2.21 bits per heavy atom. The summed E-state index contributed by atoms with van der Waals surface area (Å²) in [5, 5.41) is 7.42. The molecule has 4 heteroatoms. The Hall–Kier alpha value is -1.42. The van der Waals surface area contributed by atoms with Gasteiger partial charge >= 0.3 is 0 Å². The number of rotatable bonds is 4. The van der Waals surface area contributed by atoms with Gasteiger partial charge in [0.25, 0.3) is 0 Å². The minimum absolute atomic E-state index is 0.0809.